The van der Waals surface area contributed by atoms with Gasteiger partial charge in [-0.05, 0) is 50.5 Å². The highest BCUT2D eigenvalue weighted by Gasteiger charge is 2.31. The van der Waals surface area contributed by atoms with Gasteiger partial charge in [-0.2, -0.15) is 5.10 Å². The lowest BCUT2D eigenvalue weighted by molar-refractivity contribution is -0.139. The first-order valence-electron chi connectivity index (χ1n) is 14.0. The van der Waals surface area contributed by atoms with Gasteiger partial charge < -0.3 is 4.74 Å². The number of carbonyl (C=O) groups excluding carboxylic acids is 1. The van der Waals surface area contributed by atoms with Crippen LogP contribution in [0.1, 0.15) is 37.4 Å². The Morgan fingerprint density at radius 2 is 1.64 bits per heavy atom. The van der Waals surface area contributed by atoms with Gasteiger partial charge in [-0.15, -0.1) is 0 Å². The predicted octanol–water partition coefficient (Wildman–Crippen LogP) is 5.24. The van der Waals surface area contributed by atoms with Gasteiger partial charge in [-0.1, -0.05) is 90.2 Å². The molecule has 6 rings (SSSR count). The Morgan fingerprint density at radius 1 is 0.976 bits per heavy atom. The topological polar surface area (TPSA) is 78.5 Å². The monoisotopic (exact) mass is 574 g/mol. The minimum absolute atomic E-state index is 0.183. The molecule has 1 atom stereocenters. The van der Waals surface area contributed by atoms with Crippen LogP contribution in [0.4, 0.5) is 0 Å². The summed E-state index contributed by atoms with van der Waals surface area (Å²) in [6.07, 6.45) is 5.09. The van der Waals surface area contributed by atoms with Crippen LogP contribution in [-0.2, 0) is 16.0 Å². The largest absolute Gasteiger partial charge is 0.463 e. The van der Waals surface area contributed by atoms with E-state index in [1.165, 1.54) is 11.3 Å². The molecular weight excluding hydrogens is 544 g/mol. The second-order valence-electron chi connectivity index (χ2n) is 10.0. The standard InChI is InChI=1S/C34H30N4O3S/c1-3-41-33(40)30-23(2)35-34-38(28(30)20-19-24-13-7-4-8-14-24)32(39)29(42-34)21-26-22-37(27-17-11-6-12-18-27)36-31(26)25-15-9-5-10-16-25/h4-18,21-22,28H,3,19-20H2,1-2H3. The molecule has 1 aliphatic heterocycles. The lowest BCUT2D eigenvalue weighted by Crippen LogP contribution is -2.39. The highest BCUT2D eigenvalue weighted by Crippen LogP contribution is 2.29. The molecular formula is C34H30N4O3S. The van der Waals surface area contributed by atoms with Gasteiger partial charge in [-0.25, -0.2) is 14.5 Å². The Bertz CT molecular complexity index is 1940. The number of allylic oxidation sites excluding steroid dienone is 1. The summed E-state index contributed by atoms with van der Waals surface area (Å²) in [6.45, 7) is 3.84. The summed E-state index contributed by atoms with van der Waals surface area (Å²) >= 11 is 1.33. The fourth-order valence-electron chi connectivity index (χ4n) is 5.30. The van der Waals surface area contributed by atoms with Crippen molar-refractivity contribution in [3.05, 3.63) is 139 Å². The molecule has 3 aromatic carbocycles. The van der Waals surface area contributed by atoms with E-state index in [0.29, 0.717) is 33.4 Å². The zero-order valence-electron chi connectivity index (χ0n) is 23.4. The third kappa shape index (κ3) is 5.41. The van der Waals surface area contributed by atoms with E-state index in [1.54, 1.807) is 11.5 Å². The van der Waals surface area contributed by atoms with Crippen molar-refractivity contribution in [2.24, 2.45) is 4.99 Å². The Labute approximate surface area is 247 Å². The molecule has 0 amide bonds. The Balaban J connectivity index is 1.48. The fourth-order valence-corrected chi connectivity index (χ4v) is 6.35. The molecule has 2 aromatic heterocycles. The Kier molecular flexibility index (Phi) is 7.79. The molecule has 0 saturated carbocycles. The molecule has 1 aliphatic rings. The molecule has 0 bridgehead atoms. The van der Waals surface area contributed by atoms with Crippen molar-refractivity contribution in [3.63, 3.8) is 0 Å². The molecule has 0 N–H and O–H groups in total. The van der Waals surface area contributed by atoms with Crippen LogP contribution in [0.3, 0.4) is 0 Å². The molecule has 3 heterocycles. The van der Waals surface area contributed by atoms with Crippen LogP contribution >= 0.6 is 11.3 Å². The number of aromatic nitrogens is 3. The average molecular weight is 575 g/mol. The molecule has 5 aromatic rings. The van der Waals surface area contributed by atoms with E-state index in [-0.39, 0.29) is 12.2 Å². The first kappa shape index (κ1) is 27.4. The summed E-state index contributed by atoms with van der Waals surface area (Å²) in [5.74, 6) is -0.429. The molecule has 42 heavy (non-hydrogen) atoms. The second-order valence-corrected chi connectivity index (χ2v) is 11.0. The maximum atomic E-state index is 14.1. The third-order valence-corrected chi connectivity index (χ3v) is 8.26. The van der Waals surface area contributed by atoms with Crippen LogP contribution in [0, 0.1) is 0 Å². The Morgan fingerprint density at radius 3 is 2.33 bits per heavy atom. The fraction of sp³-hybridized carbons (Fsp3) is 0.176. The van der Waals surface area contributed by atoms with Crippen LogP contribution in [0.2, 0.25) is 0 Å². The zero-order chi connectivity index (χ0) is 29.1. The Hall–Kier alpha value is -4.82. The van der Waals surface area contributed by atoms with Crippen LogP contribution in [0.25, 0.3) is 23.0 Å². The van der Waals surface area contributed by atoms with Crippen LogP contribution in [0.5, 0.6) is 0 Å². The number of ether oxygens (including phenoxy) is 1. The molecule has 0 fully saturated rings. The number of nitrogens with zero attached hydrogens (tertiary/aromatic N) is 4. The molecule has 1 unspecified atom stereocenters. The number of carbonyl (C=O) groups is 1. The summed E-state index contributed by atoms with van der Waals surface area (Å²) in [6, 6.07) is 29.4. The normalized spacial score (nSPS) is 14.9. The number of benzene rings is 3. The van der Waals surface area contributed by atoms with E-state index in [1.807, 2.05) is 103 Å². The van der Waals surface area contributed by atoms with E-state index in [2.05, 4.69) is 12.1 Å². The first-order chi connectivity index (χ1) is 20.5. The van der Waals surface area contributed by atoms with Crippen molar-refractivity contribution < 1.29 is 9.53 Å². The van der Waals surface area contributed by atoms with Gasteiger partial charge in [0.2, 0.25) is 0 Å². The SMILES string of the molecule is CCOC(=O)C1=C(C)N=c2sc(=Cc3cn(-c4ccccc4)nc3-c3ccccc3)c(=O)n2C1CCc1ccccc1. The number of thiazole rings is 1. The van der Waals surface area contributed by atoms with Crippen LogP contribution < -0.4 is 14.9 Å². The molecule has 210 valence electrons. The van der Waals surface area contributed by atoms with Crippen molar-refractivity contribution in [2.45, 2.75) is 32.7 Å². The van der Waals surface area contributed by atoms with Crippen molar-refractivity contribution in [2.75, 3.05) is 6.61 Å². The zero-order valence-corrected chi connectivity index (χ0v) is 24.3. The summed E-state index contributed by atoms with van der Waals surface area (Å²) in [5, 5.41) is 4.89. The predicted molar refractivity (Wildman–Crippen MR) is 165 cm³/mol. The van der Waals surface area contributed by atoms with Crippen LogP contribution in [-0.4, -0.2) is 26.9 Å². The third-order valence-electron chi connectivity index (χ3n) is 7.28. The summed E-state index contributed by atoms with van der Waals surface area (Å²) < 4.78 is 9.44. The van der Waals surface area contributed by atoms with Gasteiger partial charge in [0.15, 0.2) is 4.80 Å². The van der Waals surface area contributed by atoms with Crippen molar-refractivity contribution in [1.29, 1.82) is 0 Å². The van der Waals surface area contributed by atoms with Gasteiger partial charge >= 0.3 is 5.97 Å². The van der Waals surface area contributed by atoms with E-state index in [4.69, 9.17) is 14.8 Å². The molecule has 0 aliphatic carbocycles. The quantitative estimate of drug-likeness (QED) is 0.238. The van der Waals surface area contributed by atoms with Gasteiger partial charge in [-0.3, -0.25) is 9.36 Å². The number of aryl methyl sites for hydroxylation is 1. The maximum absolute atomic E-state index is 14.1. The minimum atomic E-state index is -0.483. The summed E-state index contributed by atoms with van der Waals surface area (Å²) in [4.78, 5) is 32.5. The lowest BCUT2D eigenvalue weighted by Gasteiger charge is -2.24. The summed E-state index contributed by atoms with van der Waals surface area (Å²) in [5.41, 5.74) is 5.44. The van der Waals surface area contributed by atoms with Gasteiger partial charge in [0.25, 0.3) is 5.56 Å². The van der Waals surface area contributed by atoms with Crippen LogP contribution in [0.15, 0.2) is 118 Å². The molecule has 8 heteroatoms. The first-order valence-corrected chi connectivity index (χ1v) is 14.8. The number of para-hydroxylation sites is 1. The van der Waals surface area contributed by atoms with Gasteiger partial charge in [0, 0.05) is 17.3 Å². The van der Waals surface area contributed by atoms with Crippen molar-refractivity contribution in [1.82, 2.24) is 14.3 Å². The van der Waals surface area contributed by atoms with Gasteiger partial charge in [0.1, 0.15) is 0 Å². The average Bonchev–Trinajstić information content (AvgIpc) is 3.58. The minimum Gasteiger partial charge on any atom is -0.463 e. The number of fused-ring (bicyclic) bond motifs is 1. The molecule has 0 radical (unpaired) electrons. The molecule has 0 saturated heterocycles. The van der Waals surface area contributed by atoms with E-state index < -0.39 is 12.0 Å². The van der Waals surface area contributed by atoms with Crippen molar-refractivity contribution >= 4 is 23.4 Å². The van der Waals surface area contributed by atoms with E-state index in [9.17, 15) is 9.59 Å². The molecule has 7 nitrogen and oxygen atoms in total. The number of esters is 1. The number of rotatable bonds is 8. The lowest BCUT2D eigenvalue weighted by atomic mass is 9.96. The highest BCUT2D eigenvalue weighted by atomic mass is 32.1. The maximum Gasteiger partial charge on any atom is 0.337 e. The molecule has 0 spiro atoms. The van der Waals surface area contributed by atoms with E-state index in [0.717, 1.165) is 28.1 Å². The smallest absolute Gasteiger partial charge is 0.337 e. The second kappa shape index (κ2) is 12.0. The number of hydrogen-bond acceptors (Lipinski definition) is 6. The van der Waals surface area contributed by atoms with Crippen molar-refractivity contribution in [3.8, 4) is 16.9 Å². The van der Waals surface area contributed by atoms with E-state index >= 15 is 0 Å². The van der Waals surface area contributed by atoms with Gasteiger partial charge in [0.05, 0.1) is 39.8 Å². The summed E-state index contributed by atoms with van der Waals surface area (Å²) in [7, 11) is 0. The number of hydrogen-bond donors (Lipinski definition) is 0. The highest BCUT2D eigenvalue weighted by molar-refractivity contribution is 7.07.